The summed E-state index contributed by atoms with van der Waals surface area (Å²) in [6, 6.07) is 10.6. The third-order valence-corrected chi connectivity index (χ3v) is 12.3. The van der Waals surface area contributed by atoms with Gasteiger partial charge in [-0.15, -0.1) is 0 Å². The maximum atomic E-state index is 6.79. The van der Waals surface area contributed by atoms with E-state index in [4.69, 9.17) is 9.73 Å². The minimum absolute atomic E-state index is 0.372. The molecule has 0 heterocycles. The minimum atomic E-state index is 0.372. The normalized spacial score (nSPS) is 12.2. The van der Waals surface area contributed by atoms with Crippen molar-refractivity contribution in [3.63, 3.8) is 0 Å². The number of unbranched alkanes of at least 4 members (excludes halogenated alkanes) is 21. The monoisotopic (exact) mass is 801 g/mol. The van der Waals surface area contributed by atoms with Crippen molar-refractivity contribution in [3.05, 3.63) is 57.6 Å². The molecule has 0 fully saturated rings. The largest absolute Gasteiger partial charge is 0.465 e. The SMILES string of the molecule is CCCCCCCCCCOC(=Nc1c(C(C)C)cc(CCCCCCCCCC)cc1C(C)C)Nc1c(C(C)C)cc(CCCCCCCCCC)cc1C(C)C. The van der Waals surface area contributed by atoms with Crippen LogP contribution in [0.4, 0.5) is 11.4 Å². The van der Waals surface area contributed by atoms with Crippen molar-refractivity contribution in [1.29, 1.82) is 0 Å². The van der Waals surface area contributed by atoms with Crippen LogP contribution < -0.4 is 5.32 Å². The standard InChI is InChI=1S/C55H96N2O/c1-12-15-18-21-24-27-30-33-36-47-39-49(43(4)5)53(50(40-47)44(6)7)56-55(58-38-35-32-29-26-23-20-17-14-3)57-54-51(45(8)9)41-48(42-52(54)46(10)11)37-34-31-28-25-22-19-16-13-2/h39-46H,12-38H2,1-11H3,(H,56,57). The van der Waals surface area contributed by atoms with Gasteiger partial charge in [-0.3, -0.25) is 0 Å². The zero-order chi connectivity index (χ0) is 42.5. The molecule has 0 unspecified atom stereocenters. The molecule has 0 aliphatic carbocycles. The summed E-state index contributed by atoms with van der Waals surface area (Å²) in [6.07, 6.45) is 34.3. The van der Waals surface area contributed by atoms with Crippen LogP contribution in [0.15, 0.2) is 29.3 Å². The number of benzene rings is 2. The van der Waals surface area contributed by atoms with Crippen molar-refractivity contribution in [1.82, 2.24) is 0 Å². The first-order chi connectivity index (χ1) is 28.0. The van der Waals surface area contributed by atoms with Crippen LogP contribution in [-0.2, 0) is 17.6 Å². The van der Waals surface area contributed by atoms with E-state index in [1.54, 1.807) is 0 Å². The highest BCUT2D eigenvalue weighted by molar-refractivity contribution is 5.93. The summed E-state index contributed by atoms with van der Waals surface area (Å²) in [6.45, 7) is 26.3. The summed E-state index contributed by atoms with van der Waals surface area (Å²) in [4.78, 5) is 5.55. The van der Waals surface area contributed by atoms with E-state index in [1.165, 1.54) is 187 Å². The molecule has 2 rings (SSSR count). The quantitative estimate of drug-likeness (QED) is 0.0443. The van der Waals surface area contributed by atoms with Crippen LogP contribution in [0.5, 0.6) is 0 Å². The maximum absolute atomic E-state index is 6.79. The topological polar surface area (TPSA) is 33.6 Å². The Morgan fingerprint density at radius 3 is 1.09 bits per heavy atom. The molecular formula is C55H96N2O. The molecule has 3 nitrogen and oxygen atoms in total. The van der Waals surface area contributed by atoms with Gasteiger partial charge in [0, 0.05) is 5.69 Å². The van der Waals surface area contributed by atoms with Crippen LogP contribution in [-0.4, -0.2) is 12.6 Å². The number of rotatable bonds is 33. The Morgan fingerprint density at radius 2 is 0.741 bits per heavy atom. The molecule has 332 valence electrons. The second-order valence-electron chi connectivity index (χ2n) is 19.2. The highest BCUT2D eigenvalue weighted by Gasteiger charge is 2.21. The third-order valence-electron chi connectivity index (χ3n) is 12.3. The van der Waals surface area contributed by atoms with E-state index in [9.17, 15) is 0 Å². The zero-order valence-electron chi connectivity index (χ0n) is 40.6. The molecule has 0 saturated heterocycles. The van der Waals surface area contributed by atoms with Gasteiger partial charge in [-0.25, -0.2) is 0 Å². The number of aliphatic imine (C=N–C) groups is 1. The van der Waals surface area contributed by atoms with Gasteiger partial charge in [-0.05, 0) is 89.2 Å². The highest BCUT2D eigenvalue weighted by atomic mass is 16.5. The number of amidine groups is 1. The summed E-state index contributed by atoms with van der Waals surface area (Å²) in [5.41, 5.74) is 10.8. The Bertz CT molecular complexity index is 1310. The second kappa shape index (κ2) is 31.6. The Kier molecular flexibility index (Phi) is 28.2. The summed E-state index contributed by atoms with van der Waals surface area (Å²) in [5, 5.41) is 3.92. The van der Waals surface area contributed by atoms with E-state index in [1.807, 2.05) is 0 Å². The van der Waals surface area contributed by atoms with E-state index in [0.29, 0.717) is 36.3 Å². The molecule has 3 heteroatoms. The Morgan fingerprint density at radius 1 is 0.431 bits per heavy atom. The molecule has 0 aliphatic rings. The Labute approximate surface area is 362 Å². The van der Waals surface area contributed by atoms with E-state index in [2.05, 4.69) is 106 Å². The van der Waals surface area contributed by atoms with E-state index < -0.39 is 0 Å². The molecule has 0 bridgehead atoms. The number of nitrogens with one attached hydrogen (secondary N) is 1. The van der Waals surface area contributed by atoms with Gasteiger partial charge in [0.25, 0.3) is 6.02 Å². The van der Waals surface area contributed by atoms with Gasteiger partial charge in [0.05, 0.1) is 12.3 Å². The average molecular weight is 801 g/mol. The van der Waals surface area contributed by atoms with Gasteiger partial charge >= 0.3 is 0 Å². The fraction of sp³-hybridized carbons (Fsp3) is 0.764. The van der Waals surface area contributed by atoms with Crippen molar-refractivity contribution in [3.8, 4) is 0 Å². The lowest BCUT2D eigenvalue weighted by Gasteiger charge is -2.24. The van der Waals surface area contributed by atoms with Gasteiger partial charge in [-0.1, -0.05) is 235 Å². The van der Waals surface area contributed by atoms with E-state index in [-0.39, 0.29) is 0 Å². The summed E-state index contributed by atoms with van der Waals surface area (Å²) in [7, 11) is 0. The molecule has 2 aromatic rings. The van der Waals surface area contributed by atoms with E-state index in [0.717, 1.165) is 24.9 Å². The van der Waals surface area contributed by atoms with Crippen molar-refractivity contribution in [2.75, 3.05) is 11.9 Å². The van der Waals surface area contributed by atoms with Crippen molar-refractivity contribution < 1.29 is 4.74 Å². The third kappa shape index (κ3) is 20.8. The second-order valence-corrected chi connectivity index (χ2v) is 19.2. The van der Waals surface area contributed by atoms with Crippen LogP contribution in [0.3, 0.4) is 0 Å². The first-order valence-corrected chi connectivity index (χ1v) is 25.4. The maximum Gasteiger partial charge on any atom is 0.294 e. The van der Waals surface area contributed by atoms with Crippen molar-refractivity contribution in [2.24, 2.45) is 4.99 Å². The smallest absolute Gasteiger partial charge is 0.294 e. The van der Waals surface area contributed by atoms with Gasteiger partial charge in [0.2, 0.25) is 0 Å². The molecular weight excluding hydrogens is 705 g/mol. The van der Waals surface area contributed by atoms with Gasteiger partial charge in [0.1, 0.15) is 0 Å². The lowest BCUT2D eigenvalue weighted by atomic mass is 9.88. The number of anilines is 1. The molecule has 0 radical (unpaired) electrons. The first-order valence-electron chi connectivity index (χ1n) is 25.4. The summed E-state index contributed by atoms with van der Waals surface area (Å²) in [5.74, 6) is 1.52. The van der Waals surface area contributed by atoms with Crippen LogP contribution in [0.2, 0.25) is 0 Å². The van der Waals surface area contributed by atoms with Crippen LogP contribution >= 0.6 is 0 Å². The molecule has 0 amide bonds. The van der Waals surface area contributed by atoms with Crippen LogP contribution in [0, 0.1) is 0 Å². The summed E-state index contributed by atoms with van der Waals surface area (Å²) >= 11 is 0. The molecule has 58 heavy (non-hydrogen) atoms. The predicted molar refractivity (Wildman–Crippen MR) is 261 cm³/mol. The molecule has 0 atom stereocenters. The summed E-state index contributed by atoms with van der Waals surface area (Å²) < 4.78 is 6.79. The van der Waals surface area contributed by atoms with Crippen LogP contribution in [0.1, 0.15) is 287 Å². The number of nitrogens with zero attached hydrogens (tertiary/aromatic N) is 1. The molecule has 0 aromatic heterocycles. The number of hydrogen-bond acceptors (Lipinski definition) is 2. The highest BCUT2D eigenvalue weighted by Crippen LogP contribution is 2.39. The molecule has 1 N–H and O–H groups in total. The Balaban J connectivity index is 2.45. The van der Waals surface area contributed by atoms with Crippen LogP contribution in [0.25, 0.3) is 0 Å². The van der Waals surface area contributed by atoms with Gasteiger partial charge < -0.3 is 10.1 Å². The zero-order valence-corrected chi connectivity index (χ0v) is 40.6. The van der Waals surface area contributed by atoms with Gasteiger partial charge in [0.15, 0.2) is 0 Å². The lowest BCUT2D eigenvalue weighted by Crippen LogP contribution is -2.20. The minimum Gasteiger partial charge on any atom is -0.465 e. The fourth-order valence-corrected chi connectivity index (χ4v) is 8.49. The first kappa shape index (κ1) is 51.8. The molecule has 0 spiro atoms. The fourth-order valence-electron chi connectivity index (χ4n) is 8.49. The van der Waals surface area contributed by atoms with Crippen molar-refractivity contribution >= 4 is 17.4 Å². The number of ether oxygens (including phenoxy) is 1. The average Bonchev–Trinajstić information content (AvgIpc) is 3.19. The molecule has 0 aliphatic heterocycles. The number of aryl methyl sites for hydroxylation is 2. The Hall–Kier alpha value is -2.29. The number of hydrogen-bond donors (Lipinski definition) is 1. The van der Waals surface area contributed by atoms with Crippen molar-refractivity contribution in [2.45, 2.75) is 267 Å². The van der Waals surface area contributed by atoms with E-state index >= 15 is 0 Å². The molecule has 2 aromatic carbocycles. The predicted octanol–water partition coefficient (Wildman–Crippen LogP) is 18.8. The lowest BCUT2D eigenvalue weighted by molar-refractivity contribution is 0.291. The van der Waals surface area contributed by atoms with Gasteiger partial charge in [-0.2, -0.15) is 4.99 Å². The molecule has 0 saturated carbocycles.